The molecule has 86 valence electrons. The van der Waals surface area contributed by atoms with Gasteiger partial charge in [0.2, 0.25) is 0 Å². The molecule has 16 heavy (non-hydrogen) atoms. The second-order valence-corrected chi connectivity index (χ2v) is 3.59. The fourth-order valence-electron chi connectivity index (χ4n) is 1.67. The largest absolute Gasteiger partial charge is 0.347 e. The number of aromatic nitrogens is 5. The van der Waals surface area contributed by atoms with Crippen LogP contribution in [-0.4, -0.2) is 31.3 Å². The molecule has 2 aromatic heterocycles. The summed E-state index contributed by atoms with van der Waals surface area (Å²) in [6.07, 6.45) is 5.94. The first-order valence-electron chi connectivity index (χ1n) is 5.36. The monoisotopic (exact) mass is 220 g/mol. The first-order valence-corrected chi connectivity index (χ1v) is 5.36. The molecule has 6 nitrogen and oxygen atoms in total. The Morgan fingerprint density at radius 3 is 2.94 bits per heavy atom. The van der Waals surface area contributed by atoms with Crippen LogP contribution in [0.25, 0.3) is 0 Å². The Bertz CT molecular complexity index is 418. The SMILES string of the molecule is CCNC(Cc1ncnn1C)c1ncc[nH]1. The highest BCUT2D eigenvalue weighted by atomic mass is 15.3. The van der Waals surface area contributed by atoms with Crippen LogP contribution in [0.2, 0.25) is 0 Å². The molecular weight excluding hydrogens is 204 g/mol. The van der Waals surface area contributed by atoms with Crippen LogP contribution in [0.1, 0.15) is 24.6 Å². The summed E-state index contributed by atoms with van der Waals surface area (Å²) in [5.74, 6) is 1.88. The van der Waals surface area contributed by atoms with Crippen LogP contribution < -0.4 is 5.32 Å². The van der Waals surface area contributed by atoms with Gasteiger partial charge in [-0.2, -0.15) is 5.10 Å². The molecule has 2 N–H and O–H groups in total. The Labute approximate surface area is 94.1 Å². The topological polar surface area (TPSA) is 71.4 Å². The van der Waals surface area contributed by atoms with Crippen LogP contribution in [-0.2, 0) is 13.5 Å². The van der Waals surface area contributed by atoms with Crippen LogP contribution in [0.4, 0.5) is 0 Å². The molecule has 0 bridgehead atoms. The summed E-state index contributed by atoms with van der Waals surface area (Å²) in [6.45, 7) is 2.97. The van der Waals surface area contributed by atoms with Crippen LogP contribution >= 0.6 is 0 Å². The zero-order chi connectivity index (χ0) is 11.4. The summed E-state index contributed by atoms with van der Waals surface area (Å²) in [5.41, 5.74) is 0. The first kappa shape index (κ1) is 10.8. The van der Waals surface area contributed by atoms with Gasteiger partial charge in [0.15, 0.2) is 0 Å². The summed E-state index contributed by atoms with van der Waals surface area (Å²) in [6, 6.07) is 0.155. The maximum absolute atomic E-state index is 4.27. The van der Waals surface area contributed by atoms with Crippen molar-refractivity contribution >= 4 is 0 Å². The lowest BCUT2D eigenvalue weighted by Gasteiger charge is -2.14. The van der Waals surface area contributed by atoms with E-state index in [1.54, 1.807) is 17.2 Å². The minimum atomic E-state index is 0.155. The number of aromatic amines is 1. The molecule has 6 heteroatoms. The molecule has 0 spiro atoms. The van der Waals surface area contributed by atoms with Gasteiger partial charge >= 0.3 is 0 Å². The van der Waals surface area contributed by atoms with E-state index < -0.39 is 0 Å². The third kappa shape index (κ3) is 2.27. The van der Waals surface area contributed by atoms with Crippen molar-refractivity contribution in [2.75, 3.05) is 6.54 Å². The molecule has 0 aliphatic carbocycles. The van der Waals surface area contributed by atoms with Crippen molar-refractivity contribution in [3.63, 3.8) is 0 Å². The standard InChI is InChI=1S/C10H16N6/c1-3-11-8(10-12-4-5-13-10)6-9-14-7-15-16(9)2/h4-5,7-8,11H,3,6H2,1-2H3,(H,12,13). The molecule has 0 aromatic carbocycles. The lowest BCUT2D eigenvalue weighted by atomic mass is 10.2. The maximum Gasteiger partial charge on any atom is 0.138 e. The third-order valence-electron chi connectivity index (χ3n) is 2.49. The van der Waals surface area contributed by atoms with E-state index in [2.05, 4.69) is 32.3 Å². The predicted molar refractivity (Wildman–Crippen MR) is 59.7 cm³/mol. The second-order valence-electron chi connectivity index (χ2n) is 3.59. The Morgan fingerprint density at radius 1 is 1.50 bits per heavy atom. The van der Waals surface area contributed by atoms with Gasteiger partial charge in [0.1, 0.15) is 18.0 Å². The van der Waals surface area contributed by atoms with Crippen molar-refractivity contribution in [3.05, 3.63) is 30.4 Å². The van der Waals surface area contributed by atoms with E-state index in [4.69, 9.17) is 0 Å². The lowest BCUT2D eigenvalue weighted by Crippen LogP contribution is -2.25. The fourth-order valence-corrected chi connectivity index (χ4v) is 1.67. The molecule has 0 saturated heterocycles. The summed E-state index contributed by atoms with van der Waals surface area (Å²) in [7, 11) is 1.90. The zero-order valence-electron chi connectivity index (χ0n) is 9.51. The molecule has 0 aliphatic heterocycles. The zero-order valence-corrected chi connectivity index (χ0v) is 9.51. The number of hydrogen-bond acceptors (Lipinski definition) is 4. The van der Waals surface area contributed by atoms with Crippen molar-refractivity contribution in [3.8, 4) is 0 Å². The molecule has 2 aromatic rings. The number of aryl methyl sites for hydroxylation is 1. The number of rotatable bonds is 5. The van der Waals surface area contributed by atoms with Gasteiger partial charge in [0, 0.05) is 25.9 Å². The number of nitrogens with zero attached hydrogens (tertiary/aromatic N) is 4. The second kappa shape index (κ2) is 4.89. The molecule has 0 amide bonds. The molecule has 2 heterocycles. The van der Waals surface area contributed by atoms with Crippen LogP contribution in [0.5, 0.6) is 0 Å². The van der Waals surface area contributed by atoms with Crippen LogP contribution in [0.3, 0.4) is 0 Å². The molecule has 0 radical (unpaired) electrons. The molecule has 0 fully saturated rings. The van der Waals surface area contributed by atoms with E-state index in [0.717, 1.165) is 24.6 Å². The van der Waals surface area contributed by atoms with Crippen molar-refractivity contribution < 1.29 is 0 Å². The number of nitrogens with one attached hydrogen (secondary N) is 2. The van der Waals surface area contributed by atoms with Crippen LogP contribution in [0.15, 0.2) is 18.7 Å². The van der Waals surface area contributed by atoms with Crippen LogP contribution in [0, 0.1) is 0 Å². The molecular formula is C10H16N6. The number of hydrogen-bond donors (Lipinski definition) is 2. The minimum absolute atomic E-state index is 0.155. The Balaban J connectivity index is 2.12. The quantitative estimate of drug-likeness (QED) is 0.766. The third-order valence-corrected chi connectivity index (χ3v) is 2.49. The van der Waals surface area contributed by atoms with Gasteiger partial charge in [-0.1, -0.05) is 6.92 Å². The normalized spacial score (nSPS) is 12.9. The smallest absolute Gasteiger partial charge is 0.138 e. The average molecular weight is 220 g/mol. The Morgan fingerprint density at radius 2 is 2.38 bits per heavy atom. The van der Waals surface area contributed by atoms with Gasteiger partial charge in [0.05, 0.1) is 6.04 Å². The molecule has 2 rings (SSSR count). The summed E-state index contributed by atoms with van der Waals surface area (Å²) in [4.78, 5) is 11.6. The average Bonchev–Trinajstić information content (AvgIpc) is 2.90. The number of likely N-dealkylation sites (N-methyl/N-ethyl adjacent to an activating group) is 1. The molecule has 1 unspecified atom stereocenters. The van der Waals surface area contributed by atoms with E-state index in [0.29, 0.717) is 0 Å². The summed E-state index contributed by atoms with van der Waals surface area (Å²) in [5, 5.41) is 7.43. The van der Waals surface area contributed by atoms with Gasteiger partial charge in [-0.25, -0.2) is 9.97 Å². The Hall–Kier alpha value is -1.69. The first-order chi connectivity index (χ1) is 7.81. The number of H-pyrrole nitrogens is 1. The highest BCUT2D eigenvalue weighted by molar-refractivity contribution is 5.00. The van der Waals surface area contributed by atoms with Crippen molar-refractivity contribution in [2.45, 2.75) is 19.4 Å². The number of imidazole rings is 1. The minimum Gasteiger partial charge on any atom is -0.347 e. The molecule has 0 aliphatic rings. The molecule has 0 saturated carbocycles. The highest BCUT2D eigenvalue weighted by Gasteiger charge is 2.15. The van der Waals surface area contributed by atoms with Gasteiger partial charge in [0.25, 0.3) is 0 Å². The Kier molecular flexibility index (Phi) is 3.31. The van der Waals surface area contributed by atoms with Gasteiger partial charge < -0.3 is 10.3 Å². The lowest BCUT2D eigenvalue weighted by molar-refractivity contribution is 0.502. The maximum atomic E-state index is 4.27. The van der Waals surface area contributed by atoms with Gasteiger partial charge in [-0.3, -0.25) is 4.68 Å². The summed E-state index contributed by atoms with van der Waals surface area (Å²) < 4.78 is 1.78. The van der Waals surface area contributed by atoms with E-state index >= 15 is 0 Å². The van der Waals surface area contributed by atoms with E-state index in [1.165, 1.54) is 0 Å². The highest BCUT2D eigenvalue weighted by Crippen LogP contribution is 2.12. The predicted octanol–water partition coefficient (Wildman–Crippen LogP) is 0.431. The van der Waals surface area contributed by atoms with Crippen molar-refractivity contribution in [2.24, 2.45) is 7.05 Å². The summed E-state index contributed by atoms with van der Waals surface area (Å²) >= 11 is 0. The van der Waals surface area contributed by atoms with Crippen molar-refractivity contribution in [1.82, 2.24) is 30.0 Å². The molecule has 1 atom stereocenters. The van der Waals surface area contributed by atoms with E-state index in [1.807, 2.05) is 13.2 Å². The van der Waals surface area contributed by atoms with E-state index in [-0.39, 0.29) is 6.04 Å². The van der Waals surface area contributed by atoms with Gasteiger partial charge in [-0.15, -0.1) is 0 Å². The fraction of sp³-hybridized carbons (Fsp3) is 0.500. The van der Waals surface area contributed by atoms with Gasteiger partial charge in [-0.05, 0) is 6.54 Å². The van der Waals surface area contributed by atoms with Crippen molar-refractivity contribution in [1.29, 1.82) is 0 Å². The van der Waals surface area contributed by atoms with E-state index in [9.17, 15) is 0 Å².